The van der Waals surface area contributed by atoms with Gasteiger partial charge in [0.2, 0.25) is 57.8 Å². The molecule has 20 rings (SSSR count). The number of piperidine rings is 1. The van der Waals surface area contributed by atoms with Gasteiger partial charge in [-0.3, -0.25) is 47.9 Å². The number of methoxy groups -OCH3 is 2. The van der Waals surface area contributed by atoms with Gasteiger partial charge in [-0.25, -0.2) is 4.39 Å². The highest BCUT2D eigenvalue weighted by molar-refractivity contribution is 6.31. The van der Waals surface area contributed by atoms with Gasteiger partial charge in [-0.15, -0.1) is 0 Å². The number of nitrogens with zero attached hydrogens (tertiary/aromatic N) is 5. The van der Waals surface area contributed by atoms with E-state index in [-0.39, 0.29) is 63.5 Å². The second-order valence-corrected chi connectivity index (χ2v) is 32.7. The van der Waals surface area contributed by atoms with Crippen molar-refractivity contribution in [2.75, 3.05) is 119 Å². The van der Waals surface area contributed by atoms with E-state index in [0.717, 1.165) is 144 Å². The summed E-state index contributed by atoms with van der Waals surface area (Å²) in [5.41, 5.74) is 14.3. The summed E-state index contributed by atoms with van der Waals surface area (Å²) in [4.78, 5) is 142. The van der Waals surface area contributed by atoms with Crippen LogP contribution in [0.5, 0.6) is 11.5 Å². The number of anilines is 5. The third kappa shape index (κ3) is 19.0. The molecule has 0 bridgehead atoms. The van der Waals surface area contributed by atoms with Crippen molar-refractivity contribution in [3.63, 3.8) is 0 Å². The number of allylic oxidation sites excluding steroid dienone is 10. The van der Waals surface area contributed by atoms with Gasteiger partial charge in [0.1, 0.15) is 74.3 Å². The van der Waals surface area contributed by atoms with Crippen LogP contribution in [0.4, 0.5) is 32.8 Å². The Bertz CT molecular complexity index is 6140. The second-order valence-electron chi connectivity index (χ2n) is 32.7. The Morgan fingerprint density at radius 2 is 0.465 bits per heavy atom. The molecule has 5 aliphatic heterocycles. The van der Waals surface area contributed by atoms with Gasteiger partial charge in [0.05, 0.1) is 27.4 Å². The summed E-state index contributed by atoms with van der Waals surface area (Å²) in [6, 6.07) is 71.3. The first-order valence-corrected chi connectivity index (χ1v) is 43.8. The zero-order valence-electron chi connectivity index (χ0n) is 72.4. The number of fused-ring (bicyclic) bond motifs is 5. The van der Waals surface area contributed by atoms with Crippen molar-refractivity contribution >= 4 is 86.3 Å². The molecule has 654 valence electrons. The van der Waals surface area contributed by atoms with E-state index in [4.69, 9.17) is 14.2 Å². The Labute approximate surface area is 748 Å². The predicted octanol–water partition coefficient (Wildman–Crippen LogP) is 17.8. The molecule has 10 aromatic rings. The number of ether oxygens (including phenoxy) is 3. The molecular weight excluding hydrogens is 1630 g/mol. The van der Waals surface area contributed by atoms with Gasteiger partial charge in [-0.05, 0) is 149 Å². The van der Waals surface area contributed by atoms with E-state index in [1.165, 1.54) is 12.1 Å². The van der Waals surface area contributed by atoms with E-state index in [2.05, 4.69) is 31.5 Å². The number of nitrogens with one attached hydrogen (secondary N) is 5. The van der Waals surface area contributed by atoms with E-state index < -0.39 is 5.82 Å². The van der Waals surface area contributed by atoms with Gasteiger partial charge in [-0.1, -0.05) is 164 Å². The van der Waals surface area contributed by atoms with Crippen LogP contribution < -0.4 is 36.1 Å². The van der Waals surface area contributed by atoms with Crippen LogP contribution in [-0.2, 0) is 4.74 Å². The molecule has 5 heterocycles. The molecule has 24 heteroatoms. The molecule has 0 unspecified atom stereocenters. The first kappa shape index (κ1) is 87.6. The number of carbonyl (C=O) groups is 10. The van der Waals surface area contributed by atoms with Gasteiger partial charge in [-0.2, -0.15) is 0 Å². The zero-order chi connectivity index (χ0) is 89.8. The van der Waals surface area contributed by atoms with Gasteiger partial charge >= 0.3 is 0 Å². The minimum atomic E-state index is -0.400. The van der Waals surface area contributed by atoms with Gasteiger partial charge in [0.25, 0.3) is 0 Å². The van der Waals surface area contributed by atoms with Gasteiger partial charge in [0, 0.05) is 162 Å². The lowest BCUT2D eigenvalue weighted by Gasteiger charge is -2.34. The SMILES string of the molecule is COc1cccc(NC2=C(N3CCCC3)C(=O)c3ccccc3C2=O)c1.COc1cccc(NC2=C(N3CCCCC3)C(=O)c3ccccc3C2=O)c1.Cc1cccc(NC2=C(N3CCCC3)C(=O)c3ccccc3C2=O)c1.Cc1cccc(NC2=C(N3CCOCC3)C(=O)c3ccccc3C2=O)c1.O=C1C(Nc2cccc(F)c2)=C(N2CCCC2)C(=O)c2ccccc21. The van der Waals surface area contributed by atoms with E-state index in [1.807, 2.05) is 137 Å². The van der Waals surface area contributed by atoms with Crippen molar-refractivity contribution in [2.24, 2.45) is 0 Å². The number of carbonyl (C=O) groups excluding carboxylic acids is 10. The van der Waals surface area contributed by atoms with Crippen LogP contribution in [0.25, 0.3) is 0 Å². The molecule has 0 atom stereocenters. The molecule has 5 fully saturated rings. The molecular formula is C105H99FN10O13. The number of Topliss-reactive ketones (excluding diaryl/α,β-unsaturated/α-hetero) is 10. The smallest absolute Gasteiger partial charge is 0.212 e. The lowest BCUT2D eigenvalue weighted by Crippen LogP contribution is -2.42. The molecule has 23 nitrogen and oxygen atoms in total. The van der Waals surface area contributed by atoms with E-state index >= 15 is 0 Å². The minimum absolute atomic E-state index is 0.0627. The van der Waals surface area contributed by atoms with Gasteiger partial charge < -0.3 is 65.3 Å². The van der Waals surface area contributed by atoms with Crippen LogP contribution >= 0.6 is 0 Å². The molecule has 129 heavy (non-hydrogen) atoms. The number of hydrogen-bond donors (Lipinski definition) is 5. The maximum absolute atomic E-state index is 13.5. The molecule has 0 saturated carbocycles. The maximum Gasteiger partial charge on any atom is 0.212 e. The molecule has 0 spiro atoms. The molecule has 10 aliphatic rings. The number of halogens is 1. The summed E-state index contributed by atoms with van der Waals surface area (Å²) in [5.74, 6) is -0.320. The molecule has 5 aliphatic carbocycles. The molecule has 10 aromatic carbocycles. The normalized spacial score (nSPS) is 17.0. The van der Waals surface area contributed by atoms with E-state index in [0.29, 0.717) is 150 Å². The number of aryl methyl sites for hydroxylation is 2. The lowest BCUT2D eigenvalue weighted by molar-refractivity contribution is 0.0496. The minimum Gasteiger partial charge on any atom is -0.497 e. The fourth-order valence-electron chi connectivity index (χ4n) is 17.8. The van der Waals surface area contributed by atoms with E-state index in [1.54, 1.807) is 142 Å². The summed E-state index contributed by atoms with van der Waals surface area (Å²) in [7, 11) is 3.20. The monoisotopic (exact) mass is 1730 g/mol. The first-order chi connectivity index (χ1) is 62.8. The summed E-state index contributed by atoms with van der Waals surface area (Å²) >= 11 is 0. The molecule has 0 amide bonds. The Kier molecular flexibility index (Phi) is 27.0. The fraction of sp³-hybridized carbons (Fsp3) is 0.238. The Morgan fingerprint density at radius 1 is 0.248 bits per heavy atom. The predicted molar refractivity (Wildman–Crippen MR) is 494 cm³/mol. The number of hydrogen-bond acceptors (Lipinski definition) is 23. The topological polar surface area (TPSA) is 275 Å². The van der Waals surface area contributed by atoms with Crippen molar-refractivity contribution in [3.8, 4) is 11.5 Å². The Morgan fingerprint density at radius 3 is 0.713 bits per heavy atom. The van der Waals surface area contributed by atoms with E-state index in [9.17, 15) is 52.3 Å². The average molecular weight is 1730 g/mol. The molecule has 5 N–H and O–H groups in total. The van der Waals surface area contributed by atoms with Crippen LogP contribution in [0.3, 0.4) is 0 Å². The van der Waals surface area contributed by atoms with Crippen molar-refractivity contribution in [1.29, 1.82) is 0 Å². The van der Waals surface area contributed by atoms with Crippen LogP contribution in [0.15, 0.2) is 300 Å². The van der Waals surface area contributed by atoms with Crippen LogP contribution in [0.2, 0.25) is 0 Å². The summed E-state index contributed by atoms with van der Waals surface area (Å²) in [5, 5.41) is 15.9. The third-order valence-corrected chi connectivity index (χ3v) is 24.1. The second kappa shape index (κ2) is 39.7. The average Bonchev–Trinajstić information content (AvgIpc) is 1.77. The van der Waals surface area contributed by atoms with Crippen molar-refractivity contribution in [2.45, 2.75) is 71.6 Å². The number of ketones is 10. The summed E-state index contributed by atoms with van der Waals surface area (Å²) in [6.07, 6.45) is 9.33. The maximum atomic E-state index is 13.5. The van der Waals surface area contributed by atoms with Crippen molar-refractivity contribution in [3.05, 3.63) is 372 Å². The number of rotatable bonds is 17. The van der Waals surface area contributed by atoms with Crippen LogP contribution in [-0.4, -0.2) is 175 Å². The largest absolute Gasteiger partial charge is 0.497 e. The molecule has 0 radical (unpaired) electrons. The van der Waals surface area contributed by atoms with Gasteiger partial charge in [0.15, 0.2) is 0 Å². The number of benzene rings is 10. The molecule has 5 saturated heterocycles. The molecule has 0 aromatic heterocycles. The zero-order valence-corrected chi connectivity index (χ0v) is 72.4. The van der Waals surface area contributed by atoms with Crippen LogP contribution in [0.1, 0.15) is 172 Å². The highest BCUT2D eigenvalue weighted by Gasteiger charge is 2.42. The summed E-state index contributed by atoms with van der Waals surface area (Å²) < 4.78 is 29.5. The standard InChI is InChI=1S/C22H22N2O3.2C21H20N2O3.C21H20N2O2.C20H17FN2O2/c1-27-16-9-7-8-15(14-16)23-19-20(24-12-5-2-6-13-24)22(26)18-11-4-3-10-17(18)21(19)25;1-26-15-8-6-7-14(13-15)22-18-19(23-11-4-5-12-23)21(25)17-10-3-2-9-16(17)20(18)24;1-14-5-4-6-15(13-14)22-18-19(23-9-11-26-12-10-23)21(25)17-8-3-2-7-16(17)20(18)24;1-14-7-6-8-15(13-14)22-18-19(23-11-4-5-12-23)21(25)17-10-3-2-9-16(17)20(18)24;21-13-6-5-7-14(12-13)22-17-18(23-10-3-4-11-23)20(25)16-9-2-1-8-15(16)19(17)24/h3-4,7-11,14,23H,2,5-6,12-13H2,1H3;2-3,6-10,13,22H,4-5,11-12H2,1H3;2-8,13,22H,9-12H2,1H3;2-3,6-10,13,22H,4-5,11-12H2,1H3;1-2,5-9,12,22H,3-4,10-11H2. The number of likely N-dealkylation sites (tertiary alicyclic amines) is 4. The van der Waals surface area contributed by atoms with Crippen molar-refractivity contribution < 1.29 is 66.5 Å². The Balaban J connectivity index is 0.000000118. The third-order valence-electron chi connectivity index (χ3n) is 24.1. The fourth-order valence-corrected chi connectivity index (χ4v) is 17.8. The lowest BCUT2D eigenvalue weighted by atomic mass is 9.89. The van der Waals surface area contributed by atoms with Crippen LogP contribution in [0, 0.1) is 19.7 Å². The first-order valence-electron chi connectivity index (χ1n) is 43.8. The van der Waals surface area contributed by atoms with Crippen molar-refractivity contribution in [1.82, 2.24) is 24.5 Å². The highest BCUT2D eigenvalue weighted by atomic mass is 19.1. The summed E-state index contributed by atoms with van der Waals surface area (Å²) in [6.45, 7) is 12.6. The quantitative estimate of drug-likeness (QED) is 0.0566. The highest BCUT2D eigenvalue weighted by Crippen LogP contribution is 2.39. The number of morpholine rings is 1. The Hall–Kier alpha value is -14.9.